The first kappa shape index (κ1) is 23.1. The molecule has 4 rings (SSSR count). The van der Waals surface area contributed by atoms with Gasteiger partial charge in [0.25, 0.3) is 0 Å². The minimum Gasteiger partial charge on any atom is -0.507 e. The average Bonchev–Trinajstić information content (AvgIpc) is 2.94. The summed E-state index contributed by atoms with van der Waals surface area (Å²) in [7, 11) is 0. The van der Waals surface area contributed by atoms with E-state index < -0.39 is 0 Å². The average molecular weight is 447 g/mol. The number of aromatic nitrogens is 2. The molecule has 0 atom stereocenters. The molecule has 1 aromatic carbocycles. The number of rotatable bonds is 4. The quantitative estimate of drug-likeness (QED) is 0.638. The van der Waals surface area contributed by atoms with E-state index in [1.165, 1.54) is 5.57 Å². The van der Waals surface area contributed by atoms with Crippen LogP contribution in [0, 0.1) is 0 Å². The van der Waals surface area contributed by atoms with Gasteiger partial charge in [0.1, 0.15) is 11.6 Å². The lowest BCUT2D eigenvalue weighted by atomic mass is 9.80. The Morgan fingerprint density at radius 3 is 2.42 bits per heavy atom. The van der Waals surface area contributed by atoms with Gasteiger partial charge in [0.15, 0.2) is 5.82 Å². The zero-order valence-electron chi connectivity index (χ0n) is 20.2. The van der Waals surface area contributed by atoms with Gasteiger partial charge >= 0.3 is 0 Å². The molecule has 2 aliphatic heterocycles. The van der Waals surface area contributed by atoms with Crippen LogP contribution in [0.25, 0.3) is 11.4 Å². The summed E-state index contributed by atoms with van der Waals surface area (Å²) in [5.74, 6) is 1.60. The van der Waals surface area contributed by atoms with Gasteiger partial charge in [-0.3, -0.25) is 10.4 Å². The third-order valence-corrected chi connectivity index (χ3v) is 6.10. The zero-order chi connectivity index (χ0) is 23.6. The summed E-state index contributed by atoms with van der Waals surface area (Å²) in [5, 5.41) is 19.1. The summed E-state index contributed by atoms with van der Waals surface area (Å²) in [6.45, 7) is 11.1. The summed E-state index contributed by atoms with van der Waals surface area (Å²) >= 11 is 0. The third-order valence-electron chi connectivity index (χ3n) is 6.10. The van der Waals surface area contributed by atoms with Crippen LogP contribution in [-0.4, -0.2) is 43.7 Å². The van der Waals surface area contributed by atoms with E-state index in [2.05, 4.69) is 66.5 Å². The van der Waals surface area contributed by atoms with Crippen LogP contribution >= 0.6 is 0 Å². The highest BCUT2D eigenvalue weighted by Crippen LogP contribution is 2.31. The molecule has 0 spiro atoms. The lowest BCUT2D eigenvalue weighted by Crippen LogP contribution is -2.59. The van der Waals surface area contributed by atoms with E-state index >= 15 is 0 Å². The van der Waals surface area contributed by atoms with Crippen LogP contribution in [0.3, 0.4) is 0 Å². The molecule has 2 aliphatic rings. The molecule has 0 radical (unpaired) electrons. The predicted octanol–water partition coefficient (Wildman–Crippen LogP) is 4.59. The van der Waals surface area contributed by atoms with E-state index in [0.717, 1.165) is 37.1 Å². The number of phenols is 1. The molecule has 0 amide bonds. The molecule has 3 N–H and O–H groups in total. The van der Waals surface area contributed by atoms with Crippen LogP contribution < -0.4 is 10.7 Å². The molecule has 1 saturated heterocycles. The zero-order valence-corrected chi connectivity index (χ0v) is 20.2. The molecule has 1 fully saturated rings. The summed E-state index contributed by atoms with van der Waals surface area (Å²) in [6, 6.07) is 7.46. The van der Waals surface area contributed by atoms with Crippen LogP contribution in [0.15, 0.2) is 58.4 Å². The maximum atomic E-state index is 10.8. The van der Waals surface area contributed by atoms with Crippen molar-refractivity contribution in [3.63, 3.8) is 0 Å². The second-order valence-corrected chi connectivity index (χ2v) is 10.3. The molecular weight excluding hydrogens is 412 g/mol. The molecule has 0 unspecified atom stereocenters. The summed E-state index contributed by atoms with van der Waals surface area (Å²) < 4.78 is 0. The monoisotopic (exact) mass is 446 g/mol. The van der Waals surface area contributed by atoms with E-state index in [4.69, 9.17) is 4.99 Å². The maximum absolute atomic E-state index is 10.8. The Hall–Kier alpha value is -3.06. The van der Waals surface area contributed by atoms with E-state index in [0.29, 0.717) is 17.1 Å². The minimum absolute atomic E-state index is 0.0368. The van der Waals surface area contributed by atoms with Gasteiger partial charge in [0, 0.05) is 41.0 Å². The maximum Gasteiger partial charge on any atom is 0.159 e. The minimum atomic E-state index is 0.0368. The van der Waals surface area contributed by atoms with Crippen LogP contribution in [0.5, 0.6) is 5.75 Å². The number of aromatic hydroxyl groups is 1. The number of hydrogen-bond donors (Lipinski definition) is 3. The van der Waals surface area contributed by atoms with Gasteiger partial charge in [-0.2, -0.15) is 5.10 Å². The smallest absolute Gasteiger partial charge is 0.159 e. The second-order valence-electron chi connectivity index (χ2n) is 10.3. The molecule has 0 saturated carbocycles. The highest BCUT2D eigenvalue weighted by Gasteiger charge is 2.37. The molecule has 33 heavy (non-hydrogen) atoms. The Morgan fingerprint density at radius 2 is 1.79 bits per heavy atom. The molecule has 7 nitrogen and oxygen atoms in total. The number of amidine groups is 1. The number of aliphatic imine (C=N–C) groups is 1. The SMILES string of the molecule is CCC1=CC(c2ccc(-c3ncccn3)cc2O)=NNC(=NC2CC(C)(C)NC(C)(C)C2)C1. The summed E-state index contributed by atoms with van der Waals surface area (Å²) in [4.78, 5) is 13.6. The fourth-order valence-corrected chi connectivity index (χ4v) is 5.01. The molecule has 1 aromatic heterocycles. The number of piperidine rings is 1. The van der Waals surface area contributed by atoms with E-state index in [1.807, 2.05) is 12.1 Å². The van der Waals surface area contributed by atoms with Crippen molar-refractivity contribution >= 4 is 11.5 Å². The van der Waals surface area contributed by atoms with Gasteiger partial charge in [-0.1, -0.05) is 18.6 Å². The Morgan fingerprint density at radius 1 is 1.09 bits per heavy atom. The van der Waals surface area contributed by atoms with Gasteiger partial charge in [0.2, 0.25) is 0 Å². The number of nitrogens with zero attached hydrogens (tertiary/aromatic N) is 4. The Bertz CT molecular complexity index is 1090. The molecule has 2 aromatic rings. The van der Waals surface area contributed by atoms with Crippen molar-refractivity contribution in [2.24, 2.45) is 10.1 Å². The van der Waals surface area contributed by atoms with E-state index in [1.54, 1.807) is 24.5 Å². The van der Waals surface area contributed by atoms with Crippen molar-refractivity contribution in [2.45, 2.75) is 77.4 Å². The first-order valence-electron chi connectivity index (χ1n) is 11.6. The Labute approximate surface area is 196 Å². The van der Waals surface area contributed by atoms with Crippen molar-refractivity contribution < 1.29 is 5.11 Å². The molecule has 7 heteroatoms. The highest BCUT2D eigenvalue weighted by molar-refractivity contribution is 6.12. The van der Waals surface area contributed by atoms with Crippen molar-refractivity contribution in [3.8, 4) is 17.1 Å². The summed E-state index contributed by atoms with van der Waals surface area (Å²) in [6.07, 6.45) is 9.01. The van der Waals surface area contributed by atoms with Crippen molar-refractivity contribution in [2.75, 3.05) is 0 Å². The predicted molar refractivity (Wildman–Crippen MR) is 134 cm³/mol. The van der Waals surface area contributed by atoms with Gasteiger partial charge in [-0.25, -0.2) is 9.97 Å². The van der Waals surface area contributed by atoms with Crippen LogP contribution in [0.2, 0.25) is 0 Å². The fraction of sp³-hybridized carbons (Fsp3) is 0.462. The standard InChI is InChI=1S/C26H34N6O/c1-6-17-12-21(20-9-8-18(14-22(20)33)24-27-10-7-11-28-24)30-31-23(13-17)29-19-15-25(2,3)32-26(4,5)16-19/h7-12,14,19,32-33H,6,13,15-16H2,1-5H3,(H,29,31). The van der Waals surface area contributed by atoms with Gasteiger partial charge in [0.05, 0.1) is 11.8 Å². The fourth-order valence-electron chi connectivity index (χ4n) is 5.01. The van der Waals surface area contributed by atoms with E-state index in [-0.39, 0.29) is 22.9 Å². The lowest BCUT2D eigenvalue weighted by molar-refractivity contribution is 0.164. The number of benzene rings is 1. The first-order valence-corrected chi connectivity index (χ1v) is 11.6. The normalized spacial score (nSPS) is 21.7. The molecule has 0 aliphatic carbocycles. The summed E-state index contributed by atoms with van der Waals surface area (Å²) in [5.41, 5.74) is 6.62. The third kappa shape index (κ3) is 5.66. The number of hydrazone groups is 1. The van der Waals surface area contributed by atoms with Crippen LogP contribution in [0.4, 0.5) is 0 Å². The van der Waals surface area contributed by atoms with E-state index in [9.17, 15) is 5.11 Å². The number of allylic oxidation sites excluding steroid dienone is 1. The molecular formula is C26H34N6O. The van der Waals surface area contributed by atoms with Crippen LogP contribution in [-0.2, 0) is 0 Å². The Kier molecular flexibility index (Phi) is 6.34. The lowest BCUT2D eigenvalue weighted by Gasteiger charge is -2.45. The van der Waals surface area contributed by atoms with Crippen LogP contribution in [0.1, 0.15) is 65.9 Å². The number of nitrogens with one attached hydrogen (secondary N) is 2. The van der Waals surface area contributed by atoms with Gasteiger partial charge in [-0.05, 0) is 71.2 Å². The topological polar surface area (TPSA) is 94.8 Å². The van der Waals surface area contributed by atoms with Gasteiger partial charge in [-0.15, -0.1) is 0 Å². The largest absolute Gasteiger partial charge is 0.507 e. The van der Waals surface area contributed by atoms with Crippen molar-refractivity contribution in [1.29, 1.82) is 0 Å². The molecule has 0 bridgehead atoms. The second kappa shape index (κ2) is 9.06. The van der Waals surface area contributed by atoms with Gasteiger partial charge < -0.3 is 10.4 Å². The highest BCUT2D eigenvalue weighted by atomic mass is 16.3. The van der Waals surface area contributed by atoms with Crippen molar-refractivity contribution in [1.82, 2.24) is 20.7 Å². The Balaban J connectivity index is 1.60. The number of phenolic OH excluding ortho intramolecular Hbond substituents is 1. The molecule has 174 valence electrons. The molecule has 3 heterocycles. The van der Waals surface area contributed by atoms with Crippen molar-refractivity contribution in [3.05, 3.63) is 53.9 Å². The first-order chi connectivity index (χ1) is 15.6. The number of hydrogen-bond acceptors (Lipinski definition) is 6.